The molecule has 0 atom stereocenters. The lowest BCUT2D eigenvalue weighted by Crippen LogP contribution is -2.09. The number of fused-ring (bicyclic) bond motifs is 1. The molecule has 6 heteroatoms. The fraction of sp³-hybridized carbons (Fsp3) is 0. The second-order valence-corrected chi connectivity index (χ2v) is 2.51. The molecule has 0 radical (unpaired) electrons. The predicted molar refractivity (Wildman–Crippen MR) is 43.7 cm³/mol. The standard InChI is InChI=1S/C7H5N3O3/c11-5-1-3(7(12)13)4-2-8-10-6(4)9-5/h1-2H,(H,12,13)(H2,8,9,10,11). The van der Waals surface area contributed by atoms with Gasteiger partial charge in [0.25, 0.3) is 0 Å². The molecule has 0 spiro atoms. The Hall–Kier alpha value is -2.11. The van der Waals surface area contributed by atoms with Crippen LogP contribution in [0.25, 0.3) is 11.0 Å². The summed E-state index contributed by atoms with van der Waals surface area (Å²) in [5.74, 6) is -1.14. The lowest BCUT2D eigenvalue weighted by atomic mass is 10.2. The first-order valence-electron chi connectivity index (χ1n) is 3.48. The SMILES string of the molecule is O=C(O)c1cc(=O)[nH]c2[nH]ncc12. The minimum atomic E-state index is -1.14. The highest BCUT2D eigenvalue weighted by molar-refractivity contribution is 6.00. The Labute approximate surface area is 71.2 Å². The molecular weight excluding hydrogens is 174 g/mol. The van der Waals surface area contributed by atoms with Crippen molar-refractivity contribution in [3.63, 3.8) is 0 Å². The van der Waals surface area contributed by atoms with Gasteiger partial charge in [-0.15, -0.1) is 0 Å². The number of carboxylic acid groups (broad SMARTS) is 1. The topological polar surface area (TPSA) is 98.8 Å². The lowest BCUT2D eigenvalue weighted by molar-refractivity contribution is 0.0699. The number of carboxylic acids is 1. The van der Waals surface area contributed by atoms with E-state index in [-0.39, 0.29) is 5.56 Å². The maximum atomic E-state index is 10.9. The fourth-order valence-electron chi connectivity index (χ4n) is 1.13. The molecule has 0 aliphatic carbocycles. The number of hydrogen-bond acceptors (Lipinski definition) is 3. The number of nitrogens with one attached hydrogen (secondary N) is 2. The molecule has 2 aromatic heterocycles. The predicted octanol–water partition coefficient (Wildman–Crippen LogP) is -0.0506. The van der Waals surface area contributed by atoms with Crippen LogP contribution in [-0.2, 0) is 0 Å². The van der Waals surface area contributed by atoms with E-state index in [1.165, 1.54) is 6.20 Å². The Morgan fingerprint density at radius 2 is 2.31 bits per heavy atom. The van der Waals surface area contributed by atoms with Crippen molar-refractivity contribution in [1.82, 2.24) is 15.2 Å². The van der Waals surface area contributed by atoms with Crippen molar-refractivity contribution in [1.29, 1.82) is 0 Å². The van der Waals surface area contributed by atoms with Gasteiger partial charge in [0.1, 0.15) is 5.65 Å². The molecule has 2 rings (SSSR count). The van der Waals surface area contributed by atoms with Crippen LogP contribution in [0.2, 0.25) is 0 Å². The molecule has 0 saturated heterocycles. The molecule has 2 aromatic rings. The molecule has 0 aromatic carbocycles. The summed E-state index contributed by atoms with van der Waals surface area (Å²) in [6, 6.07) is 1.03. The molecule has 0 amide bonds. The fourth-order valence-corrected chi connectivity index (χ4v) is 1.13. The van der Waals surface area contributed by atoms with E-state index in [1.54, 1.807) is 0 Å². The monoisotopic (exact) mass is 179 g/mol. The molecule has 2 heterocycles. The number of H-pyrrole nitrogens is 2. The number of aromatic nitrogens is 3. The Morgan fingerprint density at radius 3 is 3.00 bits per heavy atom. The van der Waals surface area contributed by atoms with Crippen molar-refractivity contribution in [2.24, 2.45) is 0 Å². The first kappa shape index (κ1) is 7.53. The Balaban J connectivity index is 2.93. The zero-order valence-electron chi connectivity index (χ0n) is 6.37. The summed E-state index contributed by atoms with van der Waals surface area (Å²) in [6.45, 7) is 0. The summed E-state index contributed by atoms with van der Waals surface area (Å²) >= 11 is 0. The highest BCUT2D eigenvalue weighted by Gasteiger charge is 2.10. The normalized spacial score (nSPS) is 10.5. The van der Waals surface area contributed by atoms with Gasteiger partial charge in [0, 0.05) is 6.07 Å². The second-order valence-electron chi connectivity index (χ2n) is 2.51. The van der Waals surface area contributed by atoms with Gasteiger partial charge < -0.3 is 10.1 Å². The highest BCUT2D eigenvalue weighted by atomic mass is 16.4. The van der Waals surface area contributed by atoms with Crippen LogP contribution < -0.4 is 5.56 Å². The maximum absolute atomic E-state index is 10.9. The third kappa shape index (κ3) is 1.08. The van der Waals surface area contributed by atoms with Crippen molar-refractivity contribution < 1.29 is 9.90 Å². The Morgan fingerprint density at radius 1 is 1.54 bits per heavy atom. The number of hydrogen-bond donors (Lipinski definition) is 3. The molecule has 66 valence electrons. The minimum Gasteiger partial charge on any atom is -0.478 e. The maximum Gasteiger partial charge on any atom is 0.336 e. The van der Waals surface area contributed by atoms with Crippen LogP contribution in [0.3, 0.4) is 0 Å². The molecule has 0 saturated carbocycles. The zero-order valence-corrected chi connectivity index (χ0v) is 6.37. The average Bonchev–Trinajstić information content (AvgIpc) is 2.49. The first-order chi connectivity index (χ1) is 6.18. The van der Waals surface area contributed by atoms with Crippen LogP contribution in [0.4, 0.5) is 0 Å². The van der Waals surface area contributed by atoms with Crippen LogP contribution in [0, 0.1) is 0 Å². The minimum absolute atomic E-state index is 0.0486. The quantitative estimate of drug-likeness (QED) is 0.571. The van der Waals surface area contributed by atoms with Gasteiger partial charge in [0.15, 0.2) is 0 Å². The van der Waals surface area contributed by atoms with Crippen molar-refractivity contribution in [2.45, 2.75) is 0 Å². The van der Waals surface area contributed by atoms with Gasteiger partial charge in [-0.3, -0.25) is 9.89 Å². The van der Waals surface area contributed by atoms with Gasteiger partial charge in [0.2, 0.25) is 5.56 Å². The van der Waals surface area contributed by atoms with E-state index in [2.05, 4.69) is 15.2 Å². The third-order valence-corrected chi connectivity index (χ3v) is 1.68. The van der Waals surface area contributed by atoms with Crippen LogP contribution in [0.5, 0.6) is 0 Å². The van der Waals surface area contributed by atoms with Gasteiger partial charge in [0.05, 0.1) is 17.1 Å². The number of aromatic carboxylic acids is 1. The smallest absolute Gasteiger partial charge is 0.336 e. The molecule has 13 heavy (non-hydrogen) atoms. The average molecular weight is 179 g/mol. The molecular formula is C7H5N3O3. The van der Waals surface area contributed by atoms with Crippen LogP contribution in [0.1, 0.15) is 10.4 Å². The molecule has 0 aliphatic rings. The van der Waals surface area contributed by atoms with Crippen LogP contribution in [0.15, 0.2) is 17.1 Å². The van der Waals surface area contributed by atoms with E-state index in [9.17, 15) is 9.59 Å². The van der Waals surface area contributed by atoms with Crippen LogP contribution in [-0.4, -0.2) is 26.3 Å². The number of pyridine rings is 1. The van der Waals surface area contributed by atoms with E-state index < -0.39 is 11.5 Å². The van der Waals surface area contributed by atoms with E-state index in [4.69, 9.17) is 5.11 Å². The summed E-state index contributed by atoms with van der Waals surface area (Å²) < 4.78 is 0. The van der Waals surface area contributed by atoms with Gasteiger partial charge in [-0.1, -0.05) is 0 Å². The van der Waals surface area contributed by atoms with E-state index in [1.807, 2.05) is 0 Å². The van der Waals surface area contributed by atoms with Gasteiger partial charge in [-0.25, -0.2) is 4.79 Å². The molecule has 0 aliphatic heterocycles. The van der Waals surface area contributed by atoms with Crippen molar-refractivity contribution in [3.8, 4) is 0 Å². The van der Waals surface area contributed by atoms with Crippen LogP contribution >= 0.6 is 0 Å². The van der Waals surface area contributed by atoms with E-state index in [0.717, 1.165) is 6.07 Å². The van der Waals surface area contributed by atoms with Gasteiger partial charge in [-0.2, -0.15) is 5.10 Å². The highest BCUT2D eigenvalue weighted by Crippen LogP contribution is 2.10. The largest absolute Gasteiger partial charge is 0.478 e. The number of aromatic amines is 2. The van der Waals surface area contributed by atoms with Crippen molar-refractivity contribution in [3.05, 3.63) is 28.2 Å². The van der Waals surface area contributed by atoms with E-state index in [0.29, 0.717) is 11.0 Å². The lowest BCUT2D eigenvalue weighted by Gasteiger charge is -1.93. The van der Waals surface area contributed by atoms with Crippen molar-refractivity contribution >= 4 is 17.0 Å². The number of rotatable bonds is 1. The summed E-state index contributed by atoms with van der Waals surface area (Å²) in [6.07, 6.45) is 1.36. The Bertz CT molecular complexity index is 525. The number of carbonyl (C=O) groups is 1. The second kappa shape index (κ2) is 2.44. The van der Waals surface area contributed by atoms with Gasteiger partial charge >= 0.3 is 5.97 Å². The number of nitrogens with zero attached hydrogens (tertiary/aromatic N) is 1. The molecule has 0 unspecified atom stereocenters. The van der Waals surface area contributed by atoms with Gasteiger partial charge in [-0.05, 0) is 0 Å². The third-order valence-electron chi connectivity index (χ3n) is 1.68. The molecule has 0 fully saturated rings. The first-order valence-corrected chi connectivity index (χ1v) is 3.48. The summed E-state index contributed by atoms with van der Waals surface area (Å²) in [4.78, 5) is 24.0. The van der Waals surface area contributed by atoms with E-state index >= 15 is 0 Å². The van der Waals surface area contributed by atoms with Crippen molar-refractivity contribution in [2.75, 3.05) is 0 Å². The zero-order chi connectivity index (χ0) is 9.42. The summed E-state index contributed by atoms with van der Waals surface area (Å²) in [5, 5.41) is 15.2. The molecule has 3 N–H and O–H groups in total. The molecule has 0 bridgehead atoms. The molecule has 6 nitrogen and oxygen atoms in total. The summed E-state index contributed by atoms with van der Waals surface area (Å²) in [7, 11) is 0. The summed E-state index contributed by atoms with van der Waals surface area (Å²) in [5.41, 5.74) is -0.188. The Kier molecular flexibility index (Phi) is 1.42.